The maximum atomic E-state index is 9.89. The average molecular weight is 253 g/mol. The third-order valence-electron chi connectivity index (χ3n) is 3.51. The van der Waals surface area contributed by atoms with E-state index in [4.69, 9.17) is 10.2 Å². The first-order valence-corrected chi connectivity index (χ1v) is 6.43. The van der Waals surface area contributed by atoms with Gasteiger partial charge in [-0.15, -0.1) is 0 Å². The largest absolute Gasteiger partial charge is 0.468 e. The maximum Gasteiger partial charge on any atom is 0.122 e. The Bertz CT molecular complexity index is 353. The smallest absolute Gasteiger partial charge is 0.122 e. The van der Waals surface area contributed by atoms with Gasteiger partial charge in [-0.25, -0.2) is 0 Å². The number of β-amino-alcohol motifs (C(OH)–C–C–N with tert-alkyl or cyclic N) is 1. The van der Waals surface area contributed by atoms with Crippen LogP contribution < -0.4 is 5.73 Å². The van der Waals surface area contributed by atoms with Crippen LogP contribution in [0, 0.1) is 0 Å². The van der Waals surface area contributed by atoms with Crippen molar-refractivity contribution in [1.29, 1.82) is 0 Å². The normalized spacial score (nSPS) is 26.9. The molecule has 1 saturated heterocycles. The van der Waals surface area contributed by atoms with E-state index in [0.29, 0.717) is 19.1 Å². The van der Waals surface area contributed by atoms with Crippen LogP contribution in [0.4, 0.5) is 0 Å². The fraction of sp³-hybridized carbons (Fsp3) is 0.692. The fourth-order valence-electron chi connectivity index (χ4n) is 2.79. The summed E-state index contributed by atoms with van der Waals surface area (Å²) in [6.07, 6.45) is 2.21. The van der Waals surface area contributed by atoms with E-state index in [0.717, 1.165) is 18.7 Å². The van der Waals surface area contributed by atoms with Crippen molar-refractivity contribution in [3.63, 3.8) is 0 Å². The van der Waals surface area contributed by atoms with Crippen molar-refractivity contribution in [3.8, 4) is 0 Å². The number of likely N-dealkylation sites (N-methyl/N-ethyl adjacent to an activating group) is 1. The van der Waals surface area contributed by atoms with Gasteiger partial charge in [-0.05, 0) is 32.6 Å². The molecular weight excluding hydrogens is 230 g/mol. The van der Waals surface area contributed by atoms with Crippen LogP contribution in [0.25, 0.3) is 0 Å². The lowest BCUT2D eigenvalue weighted by molar-refractivity contribution is 0.126. The van der Waals surface area contributed by atoms with Crippen LogP contribution in [-0.4, -0.2) is 60.8 Å². The van der Waals surface area contributed by atoms with Crippen LogP contribution >= 0.6 is 0 Å². The topological polar surface area (TPSA) is 65.9 Å². The molecule has 2 rings (SSSR count). The molecule has 0 aromatic carbocycles. The van der Waals surface area contributed by atoms with Gasteiger partial charge in [0.1, 0.15) is 5.76 Å². The van der Waals surface area contributed by atoms with Crippen molar-refractivity contribution in [2.24, 2.45) is 5.73 Å². The molecule has 1 aromatic heterocycles. The molecule has 18 heavy (non-hydrogen) atoms. The number of likely N-dealkylation sites (tertiary alicyclic amines) is 1. The quantitative estimate of drug-likeness (QED) is 0.789. The molecule has 5 heteroatoms. The Morgan fingerprint density at radius 1 is 1.61 bits per heavy atom. The minimum absolute atomic E-state index is 0.0575. The van der Waals surface area contributed by atoms with Crippen molar-refractivity contribution in [3.05, 3.63) is 24.2 Å². The second-order valence-electron chi connectivity index (χ2n) is 5.27. The molecule has 3 N–H and O–H groups in total. The summed E-state index contributed by atoms with van der Waals surface area (Å²) in [5.41, 5.74) is 5.89. The van der Waals surface area contributed by atoms with E-state index in [9.17, 15) is 5.11 Å². The zero-order valence-corrected chi connectivity index (χ0v) is 11.1. The molecule has 0 amide bonds. The lowest BCUT2D eigenvalue weighted by Crippen LogP contribution is -2.42. The third-order valence-corrected chi connectivity index (χ3v) is 3.51. The van der Waals surface area contributed by atoms with E-state index >= 15 is 0 Å². The first-order chi connectivity index (χ1) is 8.61. The van der Waals surface area contributed by atoms with Gasteiger partial charge in [0.25, 0.3) is 0 Å². The van der Waals surface area contributed by atoms with Gasteiger partial charge in [0.05, 0.1) is 18.4 Å². The van der Waals surface area contributed by atoms with Crippen LogP contribution in [-0.2, 0) is 0 Å². The summed E-state index contributed by atoms with van der Waals surface area (Å²) in [5.74, 6) is 0.885. The minimum Gasteiger partial charge on any atom is -0.468 e. The molecule has 1 aliphatic rings. The van der Waals surface area contributed by atoms with Gasteiger partial charge in [0, 0.05) is 25.7 Å². The molecule has 5 nitrogen and oxygen atoms in total. The highest BCUT2D eigenvalue weighted by molar-refractivity contribution is 5.07. The third kappa shape index (κ3) is 2.92. The Balaban J connectivity index is 2.13. The van der Waals surface area contributed by atoms with E-state index in [2.05, 4.69) is 9.80 Å². The first-order valence-electron chi connectivity index (χ1n) is 6.43. The average Bonchev–Trinajstić information content (AvgIpc) is 2.90. The van der Waals surface area contributed by atoms with Crippen molar-refractivity contribution in [2.75, 3.05) is 33.7 Å². The Hall–Kier alpha value is -0.880. The van der Waals surface area contributed by atoms with E-state index < -0.39 is 0 Å². The standard InChI is InChI=1S/C13H23N3O2/c1-15(2)8-10-6-11(17)9-16(10)12(7-14)13-4-3-5-18-13/h3-5,10-12,17H,6-9,14H2,1-2H3. The summed E-state index contributed by atoms with van der Waals surface area (Å²) in [4.78, 5) is 4.41. The van der Waals surface area contributed by atoms with E-state index in [-0.39, 0.29) is 12.1 Å². The second-order valence-corrected chi connectivity index (χ2v) is 5.27. The molecule has 0 spiro atoms. The molecule has 2 heterocycles. The number of nitrogens with zero attached hydrogens (tertiary/aromatic N) is 2. The van der Waals surface area contributed by atoms with Gasteiger partial charge in [-0.2, -0.15) is 0 Å². The number of nitrogens with two attached hydrogens (primary N) is 1. The lowest BCUT2D eigenvalue weighted by Gasteiger charge is -2.32. The summed E-state index contributed by atoms with van der Waals surface area (Å²) in [6, 6.07) is 4.22. The van der Waals surface area contributed by atoms with Crippen molar-refractivity contribution >= 4 is 0 Å². The molecule has 1 aliphatic heterocycles. The first kappa shape index (κ1) is 13.5. The van der Waals surface area contributed by atoms with E-state index in [1.54, 1.807) is 6.26 Å². The molecule has 0 bridgehead atoms. The van der Waals surface area contributed by atoms with Crippen LogP contribution in [0.2, 0.25) is 0 Å². The van der Waals surface area contributed by atoms with Gasteiger partial charge in [-0.3, -0.25) is 4.90 Å². The summed E-state index contributed by atoms with van der Waals surface area (Å²) in [5, 5.41) is 9.89. The van der Waals surface area contributed by atoms with Crippen molar-refractivity contribution in [1.82, 2.24) is 9.80 Å². The Kier molecular flexibility index (Phi) is 4.40. The Morgan fingerprint density at radius 3 is 2.94 bits per heavy atom. The number of hydrogen-bond acceptors (Lipinski definition) is 5. The molecule has 3 unspecified atom stereocenters. The SMILES string of the molecule is CN(C)CC1CC(O)CN1C(CN)c1ccco1. The van der Waals surface area contributed by atoms with E-state index in [1.807, 2.05) is 26.2 Å². The molecule has 0 radical (unpaired) electrons. The number of rotatable bonds is 5. The van der Waals surface area contributed by atoms with Crippen LogP contribution in [0.15, 0.2) is 22.8 Å². The van der Waals surface area contributed by atoms with Gasteiger partial charge in [0.2, 0.25) is 0 Å². The van der Waals surface area contributed by atoms with Crippen molar-refractivity contribution in [2.45, 2.75) is 24.6 Å². The summed E-state index contributed by atoms with van der Waals surface area (Å²) in [6.45, 7) is 2.10. The van der Waals surface area contributed by atoms with E-state index in [1.165, 1.54) is 0 Å². The van der Waals surface area contributed by atoms with Crippen LogP contribution in [0.1, 0.15) is 18.2 Å². The highest BCUT2D eigenvalue weighted by Gasteiger charge is 2.36. The molecule has 0 saturated carbocycles. The molecule has 1 aromatic rings. The Morgan fingerprint density at radius 2 is 2.39 bits per heavy atom. The van der Waals surface area contributed by atoms with Crippen LogP contribution in [0.3, 0.4) is 0 Å². The number of furan rings is 1. The molecule has 0 aliphatic carbocycles. The predicted octanol–water partition coefficient (Wildman–Crippen LogP) is 0.276. The number of hydrogen-bond donors (Lipinski definition) is 2. The molecule has 3 atom stereocenters. The highest BCUT2D eigenvalue weighted by atomic mass is 16.3. The fourth-order valence-corrected chi connectivity index (χ4v) is 2.79. The predicted molar refractivity (Wildman–Crippen MR) is 70.2 cm³/mol. The summed E-state index contributed by atoms with van der Waals surface area (Å²) in [7, 11) is 4.10. The molecule has 1 fully saturated rings. The summed E-state index contributed by atoms with van der Waals surface area (Å²) >= 11 is 0. The molecular formula is C13H23N3O2. The number of aliphatic hydroxyl groups is 1. The maximum absolute atomic E-state index is 9.89. The number of aliphatic hydroxyl groups excluding tert-OH is 1. The van der Waals surface area contributed by atoms with Gasteiger partial charge in [0.15, 0.2) is 0 Å². The molecule has 102 valence electrons. The zero-order chi connectivity index (χ0) is 13.1. The lowest BCUT2D eigenvalue weighted by atomic mass is 10.1. The van der Waals surface area contributed by atoms with Gasteiger partial charge in [-0.1, -0.05) is 0 Å². The van der Waals surface area contributed by atoms with Gasteiger partial charge < -0.3 is 20.2 Å². The minimum atomic E-state index is -0.265. The zero-order valence-electron chi connectivity index (χ0n) is 11.1. The Labute approximate surface area is 108 Å². The monoisotopic (exact) mass is 253 g/mol. The van der Waals surface area contributed by atoms with Gasteiger partial charge >= 0.3 is 0 Å². The highest BCUT2D eigenvalue weighted by Crippen LogP contribution is 2.29. The van der Waals surface area contributed by atoms with Crippen LogP contribution in [0.5, 0.6) is 0 Å². The second kappa shape index (κ2) is 5.84. The van der Waals surface area contributed by atoms with Crippen molar-refractivity contribution < 1.29 is 9.52 Å². The summed E-state index contributed by atoms with van der Waals surface area (Å²) < 4.78 is 5.47.